The van der Waals surface area contributed by atoms with Crippen molar-refractivity contribution in [2.75, 3.05) is 13.2 Å². The van der Waals surface area contributed by atoms with Gasteiger partial charge in [-0.2, -0.15) is 0 Å². The first-order valence-electron chi connectivity index (χ1n) is 17.2. The van der Waals surface area contributed by atoms with E-state index in [0.717, 1.165) is 48.4 Å². The quantitative estimate of drug-likeness (QED) is 0.133. The number of ether oxygens (including phenoxy) is 2. The molecule has 0 bridgehead atoms. The number of unbranched alkanes of at least 4 members (excludes halogenated alkanes) is 16. The molecule has 0 N–H and O–H groups in total. The van der Waals surface area contributed by atoms with Crippen LogP contribution in [0.3, 0.4) is 0 Å². The predicted molar refractivity (Wildman–Crippen MR) is 171 cm³/mol. The minimum Gasteiger partial charge on any atom is -0.348 e. The van der Waals surface area contributed by atoms with E-state index in [9.17, 15) is 4.39 Å². The van der Waals surface area contributed by atoms with Gasteiger partial charge in [0.05, 0.1) is 18.9 Å². The zero-order valence-corrected chi connectivity index (χ0v) is 26.3. The maximum Gasteiger partial charge on any atom is 0.185 e. The molecule has 2 heterocycles. The van der Waals surface area contributed by atoms with Gasteiger partial charge in [-0.1, -0.05) is 141 Å². The van der Waals surface area contributed by atoms with Crippen LogP contribution in [0.2, 0.25) is 0 Å². The SMILES string of the molecule is CCCCCCCCCCCCC1COC(c2ccc(-c3ccc(CCCCCCCCCC)c(F)c3)nc2)OC1. The molecule has 1 aliphatic heterocycles. The van der Waals surface area contributed by atoms with Gasteiger partial charge < -0.3 is 9.47 Å². The van der Waals surface area contributed by atoms with Crippen LogP contribution in [0.5, 0.6) is 0 Å². The van der Waals surface area contributed by atoms with Crippen molar-refractivity contribution in [1.82, 2.24) is 4.98 Å². The average molecular weight is 568 g/mol. The molecular formula is C37H58FNO2. The van der Waals surface area contributed by atoms with Gasteiger partial charge in [0, 0.05) is 23.2 Å². The monoisotopic (exact) mass is 567 g/mol. The first-order chi connectivity index (χ1) is 20.2. The summed E-state index contributed by atoms with van der Waals surface area (Å²) in [6, 6.07) is 9.52. The number of rotatable bonds is 22. The van der Waals surface area contributed by atoms with Crippen LogP contribution in [0.1, 0.15) is 153 Å². The van der Waals surface area contributed by atoms with Crippen molar-refractivity contribution >= 4 is 0 Å². The van der Waals surface area contributed by atoms with Gasteiger partial charge in [-0.25, -0.2) is 4.39 Å². The second-order valence-electron chi connectivity index (χ2n) is 12.3. The molecule has 0 amide bonds. The number of pyridine rings is 1. The molecule has 1 aromatic carbocycles. The molecule has 1 aromatic heterocycles. The summed E-state index contributed by atoms with van der Waals surface area (Å²) in [5.41, 5.74) is 3.34. The molecule has 2 aromatic rings. The van der Waals surface area contributed by atoms with E-state index in [1.54, 1.807) is 6.07 Å². The summed E-state index contributed by atoms with van der Waals surface area (Å²) < 4.78 is 26.9. The van der Waals surface area contributed by atoms with Crippen LogP contribution < -0.4 is 0 Å². The van der Waals surface area contributed by atoms with Crippen LogP contribution in [0.4, 0.5) is 4.39 Å². The lowest BCUT2D eigenvalue weighted by Crippen LogP contribution is -2.27. The van der Waals surface area contributed by atoms with E-state index in [1.165, 1.54) is 116 Å². The van der Waals surface area contributed by atoms with Crippen molar-refractivity contribution in [2.24, 2.45) is 5.92 Å². The number of aryl methyl sites for hydroxylation is 1. The van der Waals surface area contributed by atoms with Gasteiger partial charge >= 0.3 is 0 Å². The van der Waals surface area contributed by atoms with E-state index >= 15 is 0 Å². The molecule has 3 nitrogen and oxygen atoms in total. The third-order valence-electron chi connectivity index (χ3n) is 8.64. The Morgan fingerprint density at radius 1 is 0.683 bits per heavy atom. The number of aromatic nitrogens is 1. The number of halogens is 1. The van der Waals surface area contributed by atoms with Crippen molar-refractivity contribution in [2.45, 2.75) is 149 Å². The molecule has 0 spiro atoms. The molecule has 1 fully saturated rings. The van der Waals surface area contributed by atoms with Crippen molar-refractivity contribution in [1.29, 1.82) is 0 Å². The van der Waals surface area contributed by atoms with Gasteiger partial charge in [0.2, 0.25) is 0 Å². The van der Waals surface area contributed by atoms with Crippen LogP contribution >= 0.6 is 0 Å². The van der Waals surface area contributed by atoms with Crippen molar-refractivity contribution < 1.29 is 13.9 Å². The molecule has 230 valence electrons. The van der Waals surface area contributed by atoms with Crippen molar-refractivity contribution in [3.05, 3.63) is 53.5 Å². The fourth-order valence-corrected chi connectivity index (χ4v) is 5.90. The van der Waals surface area contributed by atoms with E-state index in [0.29, 0.717) is 5.92 Å². The summed E-state index contributed by atoms with van der Waals surface area (Å²) in [6.07, 6.45) is 27.2. The summed E-state index contributed by atoms with van der Waals surface area (Å²) in [5.74, 6) is 0.364. The normalized spacial score (nSPS) is 17.2. The minimum absolute atomic E-state index is 0.122. The predicted octanol–water partition coefficient (Wildman–Crippen LogP) is 11.5. The Balaban J connectivity index is 1.30. The Morgan fingerprint density at radius 3 is 1.78 bits per heavy atom. The number of benzene rings is 1. The molecule has 1 saturated heterocycles. The van der Waals surface area contributed by atoms with Gasteiger partial charge in [0.15, 0.2) is 6.29 Å². The highest BCUT2D eigenvalue weighted by atomic mass is 19.1. The standard InChI is InChI=1S/C37H58FNO2/c1-3-5-7-9-11-13-14-15-17-19-21-31-29-40-37(41-30-31)34-25-26-36(39-28-34)33-24-23-32(35(38)27-33)22-20-18-16-12-10-8-6-4-2/h23-28,31,37H,3-22,29-30H2,1-2H3. The topological polar surface area (TPSA) is 31.4 Å². The molecule has 4 heteroatoms. The van der Waals surface area contributed by atoms with Crippen LogP contribution in [-0.2, 0) is 15.9 Å². The fourth-order valence-electron chi connectivity index (χ4n) is 5.90. The largest absolute Gasteiger partial charge is 0.348 e. The average Bonchev–Trinajstić information content (AvgIpc) is 3.00. The van der Waals surface area contributed by atoms with Crippen LogP contribution in [0.15, 0.2) is 36.5 Å². The van der Waals surface area contributed by atoms with Gasteiger partial charge in [-0.05, 0) is 37.0 Å². The molecule has 0 unspecified atom stereocenters. The molecule has 0 saturated carbocycles. The maximum atomic E-state index is 14.8. The third-order valence-corrected chi connectivity index (χ3v) is 8.64. The first kappa shape index (κ1) is 33.7. The Kier molecular flexibility index (Phi) is 17.3. The maximum absolute atomic E-state index is 14.8. The zero-order valence-electron chi connectivity index (χ0n) is 26.3. The van der Waals surface area contributed by atoms with Gasteiger partial charge in [0.25, 0.3) is 0 Å². The van der Waals surface area contributed by atoms with E-state index in [1.807, 2.05) is 30.5 Å². The smallest absolute Gasteiger partial charge is 0.185 e. The fraction of sp³-hybridized carbons (Fsp3) is 0.703. The number of hydrogen-bond acceptors (Lipinski definition) is 3. The Labute approximate surface area is 251 Å². The van der Waals surface area contributed by atoms with Gasteiger partial charge in [0.1, 0.15) is 5.82 Å². The third kappa shape index (κ3) is 13.4. The van der Waals surface area contributed by atoms with E-state index < -0.39 is 0 Å². The lowest BCUT2D eigenvalue weighted by Gasteiger charge is -2.29. The summed E-state index contributed by atoms with van der Waals surface area (Å²) >= 11 is 0. The highest BCUT2D eigenvalue weighted by molar-refractivity contribution is 5.59. The molecule has 0 radical (unpaired) electrons. The molecule has 41 heavy (non-hydrogen) atoms. The number of nitrogens with zero attached hydrogens (tertiary/aromatic N) is 1. The van der Waals surface area contributed by atoms with E-state index in [4.69, 9.17) is 9.47 Å². The zero-order chi connectivity index (χ0) is 29.0. The van der Waals surface area contributed by atoms with Crippen LogP contribution in [-0.4, -0.2) is 18.2 Å². The minimum atomic E-state index is -0.355. The Morgan fingerprint density at radius 2 is 1.24 bits per heavy atom. The summed E-state index contributed by atoms with van der Waals surface area (Å²) in [7, 11) is 0. The van der Waals surface area contributed by atoms with E-state index in [-0.39, 0.29) is 12.1 Å². The summed E-state index contributed by atoms with van der Waals surface area (Å²) in [5, 5.41) is 0. The van der Waals surface area contributed by atoms with Gasteiger partial charge in [-0.3, -0.25) is 4.98 Å². The summed E-state index contributed by atoms with van der Waals surface area (Å²) in [4.78, 5) is 4.61. The molecule has 3 rings (SSSR count). The first-order valence-corrected chi connectivity index (χ1v) is 17.2. The second kappa shape index (κ2) is 21.0. The molecule has 0 aliphatic carbocycles. The lowest BCUT2D eigenvalue weighted by atomic mass is 10.00. The van der Waals surface area contributed by atoms with Crippen LogP contribution in [0, 0.1) is 11.7 Å². The van der Waals surface area contributed by atoms with E-state index in [2.05, 4.69) is 18.8 Å². The highest BCUT2D eigenvalue weighted by Crippen LogP contribution is 2.29. The summed E-state index contributed by atoms with van der Waals surface area (Å²) in [6.45, 7) is 6.02. The lowest BCUT2D eigenvalue weighted by molar-refractivity contribution is -0.206. The second-order valence-corrected chi connectivity index (χ2v) is 12.3. The van der Waals surface area contributed by atoms with Crippen molar-refractivity contribution in [3.8, 4) is 11.3 Å². The number of hydrogen-bond donors (Lipinski definition) is 0. The Hall–Kier alpha value is -1.78. The van der Waals surface area contributed by atoms with Gasteiger partial charge in [-0.15, -0.1) is 0 Å². The van der Waals surface area contributed by atoms with Crippen molar-refractivity contribution in [3.63, 3.8) is 0 Å². The highest BCUT2D eigenvalue weighted by Gasteiger charge is 2.23. The Bertz CT molecular complexity index is 923. The van der Waals surface area contributed by atoms with Crippen LogP contribution in [0.25, 0.3) is 11.3 Å². The molecular weight excluding hydrogens is 509 g/mol. The molecule has 1 aliphatic rings. The molecule has 0 atom stereocenters.